The molecule has 0 saturated carbocycles. The van der Waals surface area contributed by atoms with Crippen molar-refractivity contribution in [3.05, 3.63) is 42.1 Å². The fourth-order valence-corrected chi connectivity index (χ4v) is 2.61. The molecule has 1 amide bonds. The average Bonchev–Trinajstić information content (AvgIpc) is 2.55. The van der Waals surface area contributed by atoms with Crippen LogP contribution in [0.3, 0.4) is 0 Å². The summed E-state index contributed by atoms with van der Waals surface area (Å²) in [5, 5.41) is 13.5. The molecule has 5 nitrogen and oxygen atoms in total. The van der Waals surface area contributed by atoms with Crippen molar-refractivity contribution in [2.45, 2.75) is 18.4 Å². The first kappa shape index (κ1) is 14.0. The van der Waals surface area contributed by atoms with E-state index in [-0.39, 0.29) is 12.5 Å². The number of amides is 1. The third-order valence-electron chi connectivity index (χ3n) is 4.00. The number of pyridine rings is 1. The number of aliphatic hydroxyl groups is 1. The van der Waals surface area contributed by atoms with Gasteiger partial charge in [0, 0.05) is 30.4 Å². The Kier molecular flexibility index (Phi) is 3.86. The van der Waals surface area contributed by atoms with E-state index in [0.717, 1.165) is 10.9 Å². The molecule has 0 spiro atoms. The Balaban J connectivity index is 1.82. The zero-order valence-corrected chi connectivity index (χ0v) is 11.7. The lowest BCUT2D eigenvalue weighted by atomic mass is 9.90. The van der Waals surface area contributed by atoms with Gasteiger partial charge in [0.2, 0.25) is 0 Å². The second kappa shape index (κ2) is 5.79. The number of benzene rings is 1. The Morgan fingerprint density at radius 2 is 2.14 bits per heavy atom. The Morgan fingerprint density at radius 1 is 1.33 bits per heavy atom. The molecule has 3 rings (SSSR count). The minimum absolute atomic E-state index is 0.0722. The first-order chi connectivity index (χ1) is 10.2. The van der Waals surface area contributed by atoms with E-state index in [1.54, 1.807) is 12.3 Å². The van der Waals surface area contributed by atoms with Crippen molar-refractivity contribution in [2.24, 2.45) is 0 Å². The third kappa shape index (κ3) is 2.89. The van der Waals surface area contributed by atoms with Crippen LogP contribution in [-0.2, 0) is 4.74 Å². The Bertz CT molecular complexity index is 651. The van der Waals surface area contributed by atoms with Crippen molar-refractivity contribution < 1.29 is 14.6 Å². The maximum absolute atomic E-state index is 12.4. The topological polar surface area (TPSA) is 71.5 Å². The molecule has 2 aromatic rings. The molecule has 1 aliphatic heterocycles. The molecule has 0 unspecified atom stereocenters. The molecule has 0 aliphatic carbocycles. The van der Waals surface area contributed by atoms with Gasteiger partial charge in [0.1, 0.15) is 0 Å². The molecule has 5 heteroatoms. The highest BCUT2D eigenvalue weighted by Gasteiger charge is 2.33. The van der Waals surface area contributed by atoms with Crippen LogP contribution in [0.1, 0.15) is 23.2 Å². The monoisotopic (exact) mass is 286 g/mol. The van der Waals surface area contributed by atoms with Crippen LogP contribution >= 0.6 is 0 Å². The summed E-state index contributed by atoms with van der Waals surface area (Å²) in [6.07, 6.45) is 2.99. The van der Waals surface area contributed by atoms with Crippen LogP contribution in [0.2, 0.25) is 0 Å². The number of nitrogens with zero attached hydrogens (tertiary/aromatic N) is 1. The van der Waals surface area contributed by atoms with Crippen molar-refractivity contribution >= 4 is 16.8 Å². The molecule has 1 aromatic carbocycles. The van der Waals surface area contributed by atoms with Crippen molar-refractivity contribution in [1.82, 2.24) is 10.3 Å². The number of aromatic nitrogens is 1. The van der Waals surface area contributed by atoms with E-state index in [1.165, 1.54) is 0 Å². The molecule has 21 heavy (non-hydrogen) atoms. The number of rotatable bonds is 3. The third-order valence-corrected chi connectivity index (χ3v) is 4.00. The van der Waals surface area contributed by atoms with Crippen LogP contribution in [0, 0.1) is 0 Å². The lowest BCUT2D eigenvalue weighted by Crippen LogP contribution is -2.54. The number of carbonyl (C=O) groups excluding carboxylic acids is 1. The van der Waals surface area contributed by atoms with Gasteiger partial charge >= 0.3 is 0 Å². The van der Waals surface area contributed by atoms with E-state index in [1.807, 2.05) is 24.3 Å². The molecule has 110 valence electrons. The minimum atomic E-state index is -0.570. The van der Waals surface area contributed by atoms with Crippen molar-refractivity contribution in [1.29, 1.82) is 0 Å². The summed E-state index contributed by atoms with van der Waals surface area (Å²) in [6.45, 7) is 1.04. The number of ether oxygens (including phenoxy) is 1. The fraction of sp³-hybridized carbons (Fsp3) is 0.375. The molecule has 0 bridgehead atoms. The van der Waals surface area contributed by atoms with Gasteiger partial charge in [0.25, 0.3) is 5.91 Å². The first-order valence-electron chi connectivity index (χ1n) is 7.08. The summed E-state index contributed by atoms with van der Waals surface area (Å²) >= 11 is 0. The van der Waals surface area contributed by atoms with E-state index in [9.17, 15) is 9.90 Å². The molecule has 0 atom stereocenters. The number of hydrogen-bond acceptors (Lipinski definition) is 4. The zero-order valence-electron chi connectivity index (χ0n) is 11.7. The van der Waals surface area contributed by atoms with Crippen LogP contribution in [-0.4, -0.2) is 41.4 Å². The van der Waals surface area contributed by atoms with Gasteiger partial charge in [-0.2, -0.15) is 0 Å². The summed E-state index contributed by atoms with van der Waals surface area (Å²) in [7, 11) is 0. The molecule has 1 aromatic heterocycles. The van der Waals surface area contributed by atoms with Crippen LogP contribution < -0.4 is 5.32 Å². The number of nitrogens with one attached hydrogen (secondary N) is 1. The summed E-state index contributed by atoms with van der Waals surface area (Å²) < 4.78 is 5.30. The Morgan fingerprint density at radius 3 is 2.90 bits per heavy atom. The van der Waals surface area contributed by atoms with Crippen LogP contribution in [0.15, 0.2) is 36.5 Å². The summed E-state index contributed by atoms with van der Waals surface area (Å²) in [5.41, 5.74) is 0.867. The molecule has 1 aliphatic rings. The normalized spacial score (nSPS) is 17.6. The van der Waals surface area contributed by atoms with Gasteiger partial charge in [-0.3, -0.25) is 9.78 Å². The summed E-state index contributed by atoms with van der Waals surface area (Å²) in [4.78, 5) is 16.7. The Hall–Kier alpha value is -1.98. The number of fused-ring (bicyclic) bond motifs is 1. The molecule has 2 N–H and O–H groups in total. The van der Waals surface area contributed by atoms with E-state index in [4.69, 9.17) is 4.74 Å². The molecule has 2 heterocycles. The van der Waals surface area contributed by atoms with E-state index in [2.05, 4.69) is 10.3 Å². The van der Waals surface area contributed by atoms with Gasteiger partial charge in [-0.15, -0.1) is 0 Å². The van der Waals surface area contributed by atoms with Gasteiger partial charge in [-0.1, -0.05) is 6.07 Å². The average molecular weight is 286 g/mol. The molecule has 0 radical (unpaired) electrons. The van der Waals surface area contributed by atoms with Crippen LogP contribution in [0.4, 0.5) is 0 Å². The lowest BCUT2D eigenvalue weighted by molar-refractivity contribution is 0.0125. The van der Waals surface area contributed by atoms with Gasteiger partial charge in [0.15, 0.2) is 0 Å². The SMILES string of the molecule is O=C(NC1(CO)CCOCC1)c1ccc2ncccc2c1. The molecule has 1 saturated heterocycles. The van der Waals surface area contributed by atoms with E-state index >= 15 is 0 Å². The van der Waals surface area contributed by atoms with E-state index in [0.29, 0.717) is 31.6 Å². The standard InChI is InChI=1S/C16H18N2O3/c19-11-16(5-8-21-9-6-16)18-15(20)13-3-4-14-12(10-13)2-1-7-17-14/h1-4,7,10,19H,5-6,8-9,11H2,(H,18,20). The highest BCUT2D eigenvalue weighted by Crippen LogP contribution is 2.21. The quantitative estimate of drug-likeness (QED) is 0.897. The molecular weight excluding hydrogens is 268 g/mol. The lowest BCUT2D eigenvalue weighted by Gasteiger charge is -2.36. The fourth-order valence-electron chi connectivity index (χ4n) is 2.61. The Labute approximate surface area is 123 Å². The maximum Gasteiger partial charge on any atom is 0.251 e. The van der Waals surface area contributed by atoms with Gasteiger partial charge in [0.05, 0.1) is 17.7 Å². The van der Waals surface area contributed by atoms with Gasteiger partial charge in [-0.05, 0) is 37.1 Å². The molecular formula is C16H18N2O3. The van der Waals surface area contributed by atoms with Crippen LogP contribution in [0.5, 0.6) is 0 Å². The second-order valence-electron chi connectivity index (χ2n) is 5.42. The highest BCUT2D eigenvalue weighted by atomic mass is 16.5. The summed E-state index contributed by atoms with van der Waals surface area (Å²) in [6, 6.07) is 9.18. The van der Waals surface area contributed by atoms with Gasteiger partial charge < -0.3 is 15.2 Å². The highest BCUT2D eigenvalue weighted by molar-refractivity contribution is 5.98. The molecule has 1 fully saturated rings. The number of aliphatic hydroxyl groups excluding tert-OH is 1. The predicted octanol–water partition coefficient (Wildman–Crippen LogP) is 1.51. The predicted molar refractivity (Wildman–Crippen MR) is 79.1 cm³/mol. The van der Waals surface area contributed by atoms with Gasteiger partial charge in [-0.25, -0.2) is 0 Å². The number of hydrogen-bond donors (Lipinski definition) is 2. The minimum Gasteiger partial charge on any atom is -0.394 e. The first-order valence-corrected chi connectivity index (χ1v) is 7.08. The maximum atomic E-state index is 12.4. The smallest absolute Gasteiger partial charge is 0.251 e. The van der Waals surface area contributed by atoms with Crippen molar-refractivity contribution in [3.63, 3.8) is 0 Å². The zero-order chi connectivity index (χ0) is 14.7. The van der Waals surface area contributed by atoms with Crippen LogP contribution in [0.25, 0.3) is 10.9 Å². The largest absolute Gasteiger partial charge is 0.394 e. The second-order valence-corrected chi connectivity index (χ2v) is 5.42. The van der Waals surface area contributed by atoms with Crippen molar-refractivity contribution in [2.75, 3.05) is 19.8 Å². The number of carbonyl (C=O) groups is 1. The summed E-state index contributed by atoms with van der Waals surface area (Å²) in [5.74, 6) is -0.170. The van der Waals surface area contributed by atoms with Crippen molar-refractivity contribution in [3.8, 4) is 0 Å². The van der Waals surface area contributed by atoms with E-state index < -0.39 is 5.54 Å².